The molecule has 1 heterocycles. The number of rotatable bonds is 4. The summed E-state index contributed by atoms with van der Waals surface area (Å²) in [6.07, 6.45) is 1.16. The molecule has 120 valence electrons. The highest BCUT2D eigenvalue weighted by molar-refractivity contribution is 6.36. The second kappa shape index (κ2) is 7.81. The molecule has 2 N–H and O–H groups in total. The second-order valence-corrected chi connectivity index (χ2v) is 6.03. The number of amides is 2. The Morgan fingerprint density at radius 3 is 2.32 bits per heavy atom. The standard InChI is InChI=1S/C15H19Cl2N3O2/c16-11-3-4-12(13(17)10-11)15(22)20-8-6-19(7-9-20)14(21)2-1-5-18/h3-4,10H,1-2,5-9,18H2. The lowest BCUT2D eigenvalue weighted by molar-refractivity contribution is -0.132. The van der Waals surface area contributed by atoms with Crippen molar-refractivity contribution in [1.82, 2.24) is 9.80 Å². The predicted octanol–water partition coefficient (Wildman–Crippen LogP) is 2.02. The maximum atomic E-state index is 12.5. The van der Waals surface area contributed by atoms with Crippen molar-refractivity contribution in [2.45, 2.75) is 12.8 Å². The summed E-state index contributed by atoms with van der Waals surface area (Å²) in [5.41, 5.74) is 5.85. The van der Waals surface area contributed by atoms with Gasteiger partial charge in [0.2, 0.25) is 5.91 Å². The lowest BCUT2D eigenvalue weighted by Gasteiger charge is -2.35. The van der Waals surface area contributed by atoms with Gasteiger partial charge in [-0.2, -0.15) is 0 Å². The topological polar surface area (TPSA) is 66.6 Å². The van der Waals surface area contributed by atoms with E-state index in [1.54, 1.807) is 28.0 Å². The first-order valence-electron chi connectivity index (χ1n) is 7.25. The number of benzene rings is 1. The Bertz CT molecular complexity index is 558. The molecular formula is C15H19Cl2N3O2. The van der Waals surface area contributed by atoms with Crippen molar-refractivity contribution in [1.29, 1.82) is 0 Å². The third-order valence-electron chi connectivity index (χ3n) is 3.68. The summed E-state index contributed by atoms with van der Waals surface area (Å²) in [6.45, 7) is 2.61. The summed E-state index contributed by atoms with van der Waals surface area (Å²) in [5, 5.41) is 0.843. The second-order valence-electron chi connectivity index (χ2n) is 5.19. The monoisotopic (exact) mass is 343 g/mol. The van der Waals surface area contributed by atoms with Crippen LogP contribution in [0.2, 0.25) is 10.0 Å². The summed E-state index contributed by atoms with van der Waals surface area (Å²) in [6, 6.07) is 4.84. The highest BCUT2D eigenvalue weighted by Gasteiger charge is 2.25. The fourth-order valence-electron chi connectivity index (χ4n) is 2.40. The van der Waals surface area contributed by atoms with Gasteiger partial charge in [0, 0.05) is 37.6 Å². The van der Waals surface area contributed by atoms with Crippen LogP contribution < -0.4 is 5.73 Å². The number of carbonyl (C=O) groups excluding carboxylic acids is 2. The van der Waals surface area contributed by atoms with E-state index < -0.39 is 0 Å². The first kappa shape index (κ1) is 17.1. The van der Waals surface area contributed by atoms with Crippen LogP contribution in [0.1, 0.15) is 23.2 Å². The predicted molar refractivity (Wildman–Crippen MR) is 87.2 cm³/mol. The van der Waals surface area contributed by atoms with Crippen molar-refractivity contribution in [3.8, 4) is 0 Å². The van der Waals surface area contributed by atoms with Crippen molar-refractivity contribution in [2.75, 3.05) is 32.7 Å². The zero-order chi connectivity index (χ0) is 16.1. The Hall–Kier alpha value is -1.30. The molecule has 1 saturated heterocycles. The average molecular weight is 344 g/mol. The Balaban J connectivity index is 1.93. The van der Waals surface area contributed by atoms with Crippen LogP contribution in [0, 0.1) is 0 Å². The van der Waals surface area contributed by atoms with Crippen molar-refractivity contribution in [3.05, 3.63) is 33.8 Å². The quantitative estimate of drug-likeness (QED) is 0.909. The minimum Gasteiger partial charge on any atom is -0.339 e. The van der Waals surface area contributed by atoms with Crippen LogP contribution in [-0.4, -0.2) is 54.3 Å². The van der Waals surface area contributed by atoms with E-state index in [2.05, 4.69) is 0 Å². The molecule has 5 nitrogen and oxygen atoms in total. The van der Waals surface area contributed by atoms with Gasteiger partial charge in [0.15, 0.2) is 0 Å². The fraction of sp³-hybridized carbons (Fsp3) is 0.467. The minimum atomic E-state index is -0.129. The fourth-order valence-corrected chi connectivity index (χ4v) is 2.89. The van der Waals surface area contributed by atoms with Crippen LogP contribution in [-0.2, 0) is 4.79 Å². The molecule has 0 aliphatic carbocycles. The zero-order valence-corrected chi connectivity index (χ0v) is 13.7. The number of hydrogen-bond donors (Lipinski definition) is 1. The van der Waals surface area contributed by atoms with E-state index in [4.69, 9.17) is 28.9 Å². The van der Waals surface area contributed by atoms with E-state index >= 15 is 0 Å². The molecule has 0 aromatic heterocycles. The van der Waals surface area contributed by atoms with Crippen LogP contribution in [0.5, 0.6) is 0 Å². The summed E-state index contributed by atoms with van der Waals surface area (Å²) in [5.74, 6) is -0.0298. The van der Waals surface area contributed by atoms with Crippen LogP contribution in [0.4, 0.5) is 0 Å². The number of nitrogens with zero attached hydrogens (tertiary/aromatic N) is 2. The van der Waals surface area contributed by atoms with E-state index in [-0.39, 0.29) is 11.8 Å². The molecule has 1 aliphatic heterocycles. The highest BCUT2D eigenvalue weighted by Crippen LogP contribution is 2.22. The molecule has 0 spiro atoms. The molecule has 1 aromatic rings. The zero-order valence-electron chi connectivity index (χ0n) is 12.2. The molecule has 0 saturated carbocycles. The SMILES string of the molecule is NCCCC(=O)N1CCN(C(=O)c2ccc(Cl)cc2Cl)CC1. The van der Waals surface area contributed by atoms with Crippen LogP contribution in [0.25, 0.3) is 0 Å². The van der Waals surface area contributed by atoms with Gasteiger partial charge in [-0.05, 0) is 31.2 Å². The van der Waals surface area contributed by atoms with Gasteiger partial charge in [0.25, 0.3) is 5.91 Å². The van der Waals surface area contributed by atoms with Gasteiger partial charge in [0.1, 0.15) is 0 Å². The van der Waals surface area contributed by atoms with Gasteiger partial charge in [-0.15, -0.1) is 0 Å². The molecular weight excluding hydrogens is 325 g/mol. The van der Waals surface area contributed by atoms with E-state index in [1.165, 1.54) is 0 Å². The molecule has 22 heavy (non-hydrogen) atoms. The molecule has 2 rings (SSSR count). The lowest BCUT2D eigenvalue weighted by atomic mass is 10.1. The van der Waals surface area contributed by atoms with Gasteiger partial charge >= 0.3 is 0 Å². The third-order valence-corrected chi connectivity index (χ3v) is 4.22. The maximum Gasteiger partial charge on any atom is 0.255 e. The average Bonchev–Trinajstić information content (AvgIpc) is 2.52. The van der Waals surface area contributed by atoms with E-state index in [0.717, 1.165) is 0 Å². The Morgan fingerprint density at radius 2 is 1.73 bits per heavy atom. The van der Waals surface area contributed by atoms with Crippen LogP contribution >= 0.6 is 23.2 Å². The summed E-state index contributed by atoms with van der Waals surface area (Å²) < 4.78 is 0. The first-order valence-corrected chi connectivity index (χ1v) is 8.00. The molecule has 0 bridgehead atoms. The Morgan fingerprint density at radius 1 is 1.09 bits per heavy atom. The summed E-state index contributed by atoms with van der Waals surface area (Å²) in [7, 11) is 0. The van der Waals surface area contributed by atoms with Gasteiger partial charge in [-0.1, -0.05) is 23.2 Å². The van der Waals surface area contributed by atoms with Gasteiger partial charge < -0.3 is 15.5 Å². The van der Waals surface area contributed by atoms with E-state index in [1.807, 2.05) is 0 Å². The molecule has 0 radical (unpaired) electrons. The Kier molecular flexibility index (Phi) is 6.06. The molecule has 7 heteroatoms. The number of piperazine rings is 1. The molecule has 1 fully saturated rings. The summed E-state index contributed by atoms with van der Waals surface area (Å²) in [4.78, 5) is 27.9. The van der Waals surface area contributed by atoms with Gasteiger partial charge in [-0.25, -0.2) is 0 Å². The third kappa shape index (κ3) is 4.12. The van der Waals surface area contributed by atoms with Crippen molar-refractivity contribution in [2.24, 2.45) is 5.73 Å². The van der Waals surface area contributed by atoms with Gasteiger partial charge in [-0.3, -0.25) is 9.59 Å². The van der Waals surface area contributed by atoms with E-state index in [9.17, 15) is 9.59 Å². The lowest BCUT2D eigenvalue weighted by Crippen LogP contribution is -2.50. The highest BCUT2D eigenvalue weighted by atomic mass is 35.5. The molecule has 0 atom stereocenters. The molecule has 2 amide bonds. The smallest absolute Gasteiger partial charge is 0.255 e. The molecule has 1 aliphatic rings. The first-order chi connectivity index (χ1) is 10.5. The van der Waals surface area contributed by atoms with E-state index in [0.29, 0.717) is 61.2 Å². The van der Waals surface area contributed by atoms with Crippen molar-refractivity contribution in [3.63, 3.8) is 0 Å². The van der Waals surface area contributed by atoms with Crippen molar-refractivity contribution < 1.29 is 9.59 Å². The van der Waals surface area contributed by atoms with Crippen LogP contribution in [0.15, 0.2) is 18.2 Å². The largest absolute Gasteiger partial charge is 0.339 e. The number of halogens is 2. The number of nitrogens with two attached hydrogens (primary N) is 1. The number of hydrogen-bond acceptors (Lipinski definition) is 3. The molecule has 1 aromatic carbocycles. The summed E-state index contributed by atoms with van der Waals surface area (Å²) >= 11 is 11.9. The number of carbonyl (C=O) groups is 2. The normalized spacial score (nSPS) is 15.0. The van der Waals surface area contributed by atoms with Crippen LogP contribution in [0.3, 0.4) is 0 Å². The minimum absolute atomic E-state index is 0.0991. The molecule has 0 unspecified atom stereocenters. The Labute approximate surface area is 139 Å². The maximum absolute atomic E-state index is 12.5. The van der Waals surface area contributed by atoms with Gasteiger partial charge in [0.05, 0.1) is 10.6 Å². The van der Waals surface area contributed by atoms with Crippen molar-refractivity contribution >= 4 is 35.0 Å².